The maximum atomic E-state index is 12.5. The molecule has 0 N–H and O–H groups in total. The molecule has 2 rings (SSSR count). The van der Waals surface area contributed by atoms with Crippen LogP contribution in [0.25, 0.3) is 0 Å². The highest BCUT2D eigenvalue weighted by Gasteiger charge is 2.34. The average molecular weight is 312 g/mol. The third-order valence-corrected chi connectivity index (χ3v) is 5.30. The van der Waals surface area contributed by atoms with E-state index >= 15 is 0 Å². The normalized spacial score (nSPS) is 20.1. The highest BCUT2D eigenvalue weighted by Crippen LogP contribution is 2.21. The predicted octanol–water partition coefficient (Wildman–Crippen LogP) is 1.24. The van der Waals surface area contributed by atoms with Crippen LogP contribution < -0.4 is 0 Å². The molecule has 1 aliphatic rings. The van der Waals surface area contributed by atoms with Crippen molar-refractivity contribution in [3.05, 3.63) is 39.9 Å². The fourth-order valence-corrected chi connectivity index (χ4v) is 4.24. The molecule has 1 heterocycles. The summed E-state index contributed by atoms with van der Waals surface area (Å²) in [4.78, 5) is 24.1. The van der Waals surface area contributed by atoms with Crippen molar-refractivity contribution in [3.63, 3.8) is 0 Å². The molecule has 114 valence electrons. The molecule has 1 amide bonds. The number of amides is 1. The van der Waals surface area contributed by atoms with Crippen LogP contribution in [-0.2, 0) is 9.84 Å². The van der Waals surface area contributed by atoms with Crippen LogP contribution in [0.15, 0.2) is 24.3 Å². The summed E-state index contributed by atoms with van der Waals surface area (Å²) in [6, 6.07) is 5.12. The predicted molar refractivity (Wildman–Crippen MR) is 76.9 cm³/mol. The first-order valence-electron chi connectivity index (χ1n) is 6.60. The summed E-state index contributed by atoms with van der Waals surface area (Å²) in [6.45, 7) is 2.13. The van der Waals surface area contributed by atoms with Gasteiger partial charge in [-0.05, 0) is 19.4 Å². The molecule has 1 aromatic rings. The van der Waals surface area contributed by atoms with Crippen LogP contribution in [0.3, 0.4) is 0 Å². The maximum absolute atomic E-state index is 12.5. The number of non-ortho nitro benzene ring substituents is 1. The number of nitro groups is 1. The third-order valence-electron chi connectivity index (χ3n) is 3.55. The monoisotopic (exact) mass is 312 g/mol. The summed E-state index contributed by atoms with van der Waals surface area (Å²) in [5.74, 6) is -0.332. The summed E-state index contributed by atoms with van der Waals surface area (Å²) in [6.07, 6.45) is 0.414. The van der Waals surface area contributed by atoms with E-state index in [2.05, 4.69) is 0 Å². The van der Waals surface area contributed by atoms with Crippen LogP contribution in [0.5, 0.6) is 0 Å². The average Bonchev–Trinajstić information content (AvgIpc) is 2.79. The second kappa shape index (κ2) is 5.80. The number of hydrogen-bond acceptors (Lipinski definition) is 5. The Hall–Kier alpha value is -1.96. The minimum Gasteiger partial charge on any atom is -0.335 e. The van der Waals surface area contributed by atoms with E-state index in [0.29, 0.717) is 13.0 Å². The van der Waals surface area contributed by atoms with E-state index in [0.717, 1.165) is 0 Å². The van der Waals surface area contributed by atoms with Crippen molar-refractivity contribution in [2.45, 2.75) is 19.4 Å². The van der Waals surface area contributed by atoms with E-state index < -0.39 is 14.8 Å². The Morgan fingerprint density at radius 1 is 1.48 bits per heavy atom. The van der Waals surface area contributed by atoms with E-state index in [1.54, 1.807) is 6.92 Å². The molecule has 7 nitrogen and oxygen atoms in total. The van der Waals surface area contributed by atoms with E-state index in [1.165, 1.54) is 29.2 Å². The molecule has 1 atom stereocenters. The molecule has 1 saturated heterocycles. The first-order chi connectivity index (χ1) is 9.84. The minimum absolute atomic E-state index is 0.0402. The van der Waals surface area contributed by atoms with Crippen molar-refractivity contribution in [1.29, 1.82) is 0 Å². The number of sulfone groups is 1. The zero-order valence-corrected chi connectivity index (χ0v) is 12.4. The quantitative estimate of drug-likeness (QED) is 0.615. The van der Waals surface area contributed by atoms with Gasteiger partial charge in [0.25, 0.3) is 11.6 Å². The van der Waals surface area contributed by atoms with Gasteiger partial charge in [0.15, 0.2) is 9.84 Å². The molecule has 0 radical (unpaired) electrons. The number of nitrogens with zero attached hydrogens (tertiary/aromatic N) is 2. The van der Waals surface area contributed by atoms with Gasteiger partial charge in [-0.25, -0.2) is 8.42 Å². The largest absolute Gasteiger partial charge is 0.335 e. The second-order valence-electron chi connectivity index (χ2n) is 4.96. The summed E-state index contributed by atoms with van der Waals surface area (Å²) >= 11 is 0. The topological polar surface area (TPSA) is 97.6 Å². The summed E-state index contributed by atoms with van der Waals surface area (Å²) in [7, 11) is -3.09. The molecular formula is C13H16N2O5S. The first-order valence-corrected chi connectivity index (χ1v) is 8.42. The van der Waals surface area contributed by atoms with E-state index in [4.69, 9.17) is 0 Å². The Kier molecular flexibility index (Phi) is 4.26. The van der Waals surface area contributed by atoms with Crippen molar-refractivity contribution in [1.82, 2.24) is 4.90 Å². The van der Waals surface area contributed by atoms with Gasteiger partial charge in [-0.1, -0.05) is 6.07 Å². The van der Waals surface area contributed by atoms with Gasteiger partial charge < -0.3 is 4.90 Å². The fraction of sp³-hybridized carbons (Fsp3) is 0.462. The molecule has 1 aromatic carbocycles. The van der Waals surface area contributed by atoms with Crippen LogP contribution in [0.4, 0.5) is 5.69 Å². The first kappa shape index (κ1) is 15.4. The van der Waals surface area contributed by atoms with Crippen LogP contribution in [0, 0.1) is 10.1 Å². The molecule has 1 aliphatic heterocycles. The number of benzene rings is 1. The second-order valence-corrected chi connectivity index (χ2v) is 7.18. The molecule has 0 aromatic heterocycles. The van der Waals surface area contributed by atoms with Gasteiger partial charge in [-0.2, -0.15) is 0 Å². The standard InChI is InChI=1S/C13H16N2O5S/c1-2-14(12-6-7-21(19,20)9-12)13(16)10-4-3-5-11(8-10)15(17)18/h3-5,8,12H,2,6-7,9H2,1H3. The molecule has 8 heteroatoms. The number of carbonyl (C=O) groups excluding carboxylic acids is 1. The van der Waals surface area contributed by atoms with Crippen LogP contribution in [0.2, 0.25) is 0 Å². The van der Waals surface area contributed by atoms with Crippen molar-refractivity contribution in [3.8, 4) is 0 Å². The zero-order chi connectivity index (χ0) is 15.6. The van der Waals surface area contributed by atoms with Gasteiger partial charge in [0.2, 0.25) is 0 Å². The Morgan fingerprint density at radius 2 is 2.19 bits per heavy atom. The highest BCUT2D eigenvalue weighted by atomic mass is 32.2. The third kappa shape index (κ3) is 3.38. The molecular weight excluding hydrogens is 296 g/mol. The molecule has 21 heavy (non-hydrogen) atoms. The number of carbonyl (C=O) groups is 1. The minimum atomic E-state index is -3.09. The van der Waals surface area contributed by atoms with Crippen LogP contribution in [-0.4, -0.2) is 48.2 Å². The molecule has 0 aliphatic carbocycles. The molecule has 0 spiro atoms. The van der Waals surface area contributed by atoms with Gasteiger partial charge >= 0.3 is 0 Å². The maximum Gasteiger partial charge on any atom is 0.270 e. The van der Waals surface area contributed by atoms with E-state index in [9.17, 15) is 23.3 Å². The van der Waals surface area contributed by atoms with Gasteiger partial charge in [0.05, 0.1) is 16.4 Å². The summed E-state index contributed by atoms with van der Waals surface area (Å²) in [5, 5.41) is 10.8. The molecule has 0 bridgehead atoms. The zero-order valence-electron chi connectivity index (χ0n) is 11.6. The van der Waals surface area contributed by atoms with Crippen molar-refractivity contribution < 1.29 is 18.1 Å². The van der Waals surface area contributed by atoms with Crippen LogP contribution in [0.1, 0.15) is 23.7 Å². The SMILES string of the molecule is CCN(C(=O)c1cccc([N+](=O)[O-])c1)C1CCS(=O)(=O)C1. The van der Waals surface area contributed by atoms with Crippen molar-refractivity contribution in [2.24, 2.45) is 0 Å². The summed E-state index contributed by atoms with van der Waals surface area (Å²) < 4.78 is 23.1. The lowest BCUT2D eigenvalue weighted by molar-refractivity contribution is -0.384. The van der Waals surface area contributed by atoms with E-state index in [1.807, 2.05) is 0 Å². The lowest BCUT2D eigenvalue weighted by atomic mass is 10.1. The van der Waals surface area contributed by atoms with Gasteiger partial charge in [0.1, 0.15) is 0 Å². The Balaban J connectivity index is 2.25. The van der Waals surface area contributed by atoms with Crippen LogP contribution >= 0.6 is 0 Å². The highest BCUT2D eigenvalue weighted by molar-refractivity contribution is 7.91. The van der Waals surface area contributed by atoms with Crippen molar-refractivity contribution >= 4 is 21.4 Å². The number of rotatable bonds is 4. The smallest absolute Gasteiger partial charge is 0.270 e. The van der Waals surface area contributed by atoms with Gasteiger partial charge in [-0.15, -0.1) is 0 Å². The summed E-state index contributed by atoms with van der Waals surface area (Å²) in [5.41, 5.74) is 0.0475. The molecule has 0 saturated carbocycles. The Labute approximate surface area is 122 Å². The van der Waals surface area contributed by atoms with Gasteiger partial charge in [0, 0.05) is 30.3 Å². The lowest BCUT2D eigenvalue weighted by Crippen LogP contribution is -2.40. The number of hydrogen-bond donors (Lipinski definition) is 0. The fourth-order valence-electron chi connectivity index (χ4n) is 2.51. The molecule has 1 fully saturated rings. The lowest BCUT2D eigenvalue weighted by Gasteiger charge is -2.26. The van der Waals surface area contributed by atoms with E-state index in [-0.39, 0.29) is 34.7 Å². The van der Waals surface area contributed by atoms with Gasteiger partial charge in [-0.3, -0.25) is 14.9 Å². The molecule has 1 unspecified atom stereocenters. The Morgan fingerprint density at radius 3 is 2.71 bits per heavy atom. The number of nitro benzene ring substituents is 1. The Bertz CT molecular complexity index is 671. The van der Waals surface area contributed by atoms with Crippen molar-refractivity contribution in [2.75, 3.05) is 18.1 Å².